The number of nitrogens with zero attached hydrogens (tertiary/aromatic N) is 1. The van der Waals surface area contributed by atoms with E-state index < -0.39 is 24.1 Å². The molecule has 2 heterocycles. The van der Waals surface area contributed by atoms with Crippen LogP contribution in [0.5, 0.6) is 5.75 Å². The molecule has 0 saturated carbocycles. The van der Waals surface area contributed by atoms with E-state index in [1.807, 2.05) is 36.4 Å². The number of carbonyl (C=O) groups is 1. The van der Waals surface area contributed by atoms with Crippen molar-refractivity contribution in [2.45, 2.75) is 44.2 Å². The van der Waals surface area contributed by atoms with Gasteiger partial charge in [-0.15, -0.1) is 0 Å². The molecule has 2 amide bonds. The summed E-state index contributed by atoms with van der Waals surface area (Å²) in [5, 5.41) is 19.6. The molecule has 0 unspecified atom stereocenters. The number of carbonyl (C=O) groups excluding carboxylic acids is 1. The van der Waals surface area contributed by atoms with E-state index in [1.165, 1.54) is 18.2 Å². The molecule has 1 fully saturated rings. The number of aromatic nitrogens is 1. The zero-order chi connectivity index (χ0) is 23.0. The number of urea groups is 1. The Balaban J connectivity index is 1.23. The number of benzene rings is 2. The first-order valence-electron chi connectivity index (χ1n) is 10.8. The molecule has 3 atom stereocenters. The molecule has 1 saturated heterocycles. The zero-order valence-corrected chi connectivity index (χ0v) is 17.9. The minimum Gasteiger partial charge on any atom is -0.486 e. The maximum Gasteiger partial charge on any atom is 0.319 e. The van der Waals surface area contributed by atoms with Crippen molar-refractivity contribution in [3.05, 3.63) is 77.9 Å². The number of rotatable bonds is 8. The summed E-state index contributed by atoms with van der Waals surface area (Å²) in [5.41, 5.74) is 1.08. The number of aliphatic hydroxyl groups excluding tert-OH is 1. The lowest BCUT2D eigenvalue weighted by molar-refractivity contribution is -0.113. The van der Waals surface area contributed by atoms with Gasteiger partial charge in [0.2, 0.25) is 0 Å². The highest BCUT2D eigenvalue weighted by Gasteiger charge is 2.30. The van der Waals surface area contributed by atoms with E-state index in [1.54, 1.807) is 6.07 Å². The Kier molecular flexibility index (Phi) is 7.54. The van der Waals surface area contributed by atoms with Gasteiger partial charge >= 0.3 is 6.03 Å². The molecule has 0 radical (unpaired) electrons. The van der Waals surface area contributed by atoms with Gasteiger partial charge in [-0.2, -0.15) is 0 Å². The van der Waals surface area contributed by atoms with Gasteiger partial charge < -0.3 is 29.7 Å². The van der Waals surface area contributed by atoms with E-state index in [-0.39, 0.29) is 19.3 Å². The first-order chi connectivity index (χ1) is 16.0. The Bertz CT molecular complexity index is 1050. The summed E-state index contributed by atoms with van der Waals surface area (Å²) in [6.45, 7) is 0.391. The van der Waals surface area contributed by atoms with E-state index in [0.29, 0.717) is 30.7 Å². The van der Waals surface area contributed by atoms with Crippen LogP contribution in [0.25, 0.3) is 0 Å². The smallest absolute Gasteiger partial charge is 0.319 e. The lowest BCUT2D eigenvalue weighted by Gasteiger charge is -2.33. The number of amides is 2. The molecule has 3 N–H and O–H groups in total. The van der Waals surface area contributed by atoms with Crippen LogP contribution in [0.2, 0.25) is 0 Å². The van der Waals surface area contributed by atoms with Crippen LogP contribution in [0.15, 0.2) is 65.2 Å². The molecule has 174 valence electrons. The number of ether oxygens (including phenoxy) is 2. The van der Waals surface area contributed by atoms with Crippen molar-refractivity contribution in [1.82, 2.24) is 10.5 Å². The number of anilines is 1. The quantitative estimate of drug-likeness (QED) is 0.479. The van der Waals surface area contributed by atoms with Gasteiger partial charge in [-0.3, -0.25) is 0 Å². The third-order valence-corrected chi connectivity index (χ3v) is 5.30. The molecule has 0 bridgehead atoms. The third kappa shape index (κ3) is 6.77. The summed E-state index contributed by atoms with van der Waals surface area (Å²) in [7, 11) is 0. The fourth-order valence-electron chi connectivity index (χ4n) is 3.64. The monoisotopic (exact) mass is 455 g/mol. The molecule has 8 nitrogen and oxygen atoms in total. The topological polar surface area (TPSA) is 106 Å². The highest BCUT2D eigenvalue weighted by Crippen LogP contribution is 2.23. The van der Waals surface area contributed by atoms with Crippen molar-refractivity contribution in [3.8, 4) is 5.75 Å². The predicted molar refractivity (Wildman–Crippen MR) is 118 cm³/mol. The second kappa shape index (κ2) is 10.9. The number of halogens is 1. The van der Waals surface area contributed by atoms with Crippen molar-refractivity contribution in [1.29, 1.82) is 0 Å². The van der Waals surface area contributed by atoms with Gasteiger partial charge in [-0.1, -0.05) is 29.4 Å². The van der Waals surface area contributed by atoms with Gasteiger partial charge in [0.05, 0.1) is 17.9 Å². The summed E-state index contributed by atoms with van der Waals surface area (Å²) in [6.07, 6.45) is 0.311. The Hall–Kier alpha value is -3.43. The van der Waals surface area contributed by atoms with Crippen LogP contribution in [0.1, 0.15) is 24.3 Å². The van der Waals surface area contributed by atoms with Crippen molar-refractivity contribution in [2.75, 3.05) is 11.9 Å². The molecule has 2 aromatic carbocycles. The lowest BCUT2D eigenvalue weighted by Crippen LogP contribution is -2.47. The Labute approximate surface area is 190 Å². The molecule has 1 aliphatic heterocycles. The number of para-hydroxylation sites is 1. The van der Waals surface area contributed by atoms with E-state index >= 15 is 0 Å². The van der Waals surface area contributed by atoms with Crippen molar-refractivity contribution < 1.29 is 28.3 Å². The minimum absolute atomic E-state index is 0.119. The Morgan fingerprint density at radius 2 is 2.00 bits per heavy atom. The highest BCUT2D eigenvalue weighted by atomic mass is 19.1. The van der Waals surface area contributed by atoms with Gasteiger partial charge in [0.15, 0.2) is 5.76 Å². The number of hydrogen-bond acceptors (Lipinski definition) is 6. The second-order valence-electron chi connectivity index (χ2n) is 7.88. The molecular weight excluding hydrogens is 429 g/mol. The largest absolute Gasteiger partial charge is 0.486 e. The maximum absolute atomic E-state index is 13.2. The molecule has 1 aromatic heterocycles. The van der Waals surface area contributed by atoms with Gasteiger partial charge in [0.1, 0.15) is 24.3 Å². The van der Waals surface area contributed by atoms with Crippen LogP contribution in [-0.4, -0.2) is 41.2 Å². The SMILES string of the molecule is O=C(NC[C@H]1O[C@H](Cc2cc(COc3ccccc3)on2)CC[C@@H]1O)Nc1cccc(F)c1. The summed E-state index contributed by atoms with van der Waals surface area (Å²) in [6, 6.07) is 16.4. The summed E-state index contributed by atoms with van der Waals surface area (Å²) in [4.78, 5) is 12.1. The van der Waals surface area contributed by atoms with Crippen molar-refractivity contribution in [2.24, 2.45) is 0 Å². The molecule has 33 heavy (non-hydrogen) atoms. The average molecular weight is 455 g/mol. The van der Waals surface area contributed by atoms with Crippen LogP contribution in [0, 0.1) is 5.82 Å². The number of hydrogen-bond donors (Lipinski definition) is 3. The summed E-state index contributed by atoms with van der Waals surface area (Å²) < 4.78 is 30.3. The Morgan fingerprint density at radius 3 is 2.82 bits per heavy atom. The van der Waals surface area contributed by atoms with E-state index in [9.17, 15) is 14.3 Å². The zero-order valence-electron chi connectivity index (χ0n) is 17.9. The fourth-order valence-corrected chi connectivity index (χ4v) is 3.64. The molecule has 1 aliphatic rings. The van der Waals surface area contributed by atoms with Gasteiger partial charge in [0, 0.05) is 24.7 Å². The van der Waals surface area contributed by atoms with Crippen LogP contribution in [0.3, 0.4) is 0 Å². The van der Waals surface area contributed by atoms with Crippen LogP contribution >= 0.6 is 0 Å². The fraction of sp³-hybridized carbons (Fsp3) is 0.333. The lowest BCUT2D eigenvalue weighted by atomic mass is 9.98. The standard InChI is InChI=1S/C24H26FN3O5/c25-16-5-4-6-17(11-16)27-24(30)26-14-23-22(29)10-9-20(32-23)12-18-13-21(33-28-18)15-31-19-7-2-1-3-8-19/h1-8,11,13,20,22-23,29H,9-10,12,14-15H2,(H2,26,27,30)/t20-,22-,23+/m0/s1. The molecular formula is C24H26FN3O5. The van der Waals surface area contributed by atoms with Crippen LogP contribution in [0.4, 0.5) is 14.9 Å². The van der Waals surface area contributed by atoms with Gasteiger partial charge in [-0.05, 0) is 43.2 Å². The molecule has 4 rings (SSSR count). The van der Waals surface area contributed by atoms with E-state index in [2.05, 4.69) is 15.8 Å². The highest BCUT2D eigenvalue weighted by molar-refractivity contribution is 5.89. The third-order valence-electron chi connectivity index (χ3n) is 5.30. The average Bonchev–Trinajstić information content (AvgIpc) is 3.26. The van der Waals surface area contributed by atoms with Crippen molar-refractivity contribution >= 4 is 11.7 Å². The molecule has 3 aromatic rings. The molecule has 0 spiro atoms. The second-order valence-corrected chi connectivity index (χ2v) is 7.88. The minimum atomic E-state index is -0.692. The first kappa shape index (κ1) is 22.8. The first-order valence-corrected chi connectivity index (χ1v) is 10.8. The maximum atomic E-state index is 13.2. The number of aliphatic hydroxyl groups is 1. The normalized spacial score (nSPS) is 20.2. The summed E-state index contributed by atoms with van der Waals surface area (Å²) >= 11 is 0. The Morgan fingerprint density at radius 1 is 1.15 bits per heavy atom. The van der Waals surface area contributed by atoms with Gasteiger partial charge in [-0.25, -0.2) is 9.18 Å². The molecule has 9 heteroatoms. The van der Waals surface area contributed by atoms with E-state index in [4.69, 9.17) is 14.0 Å². The molecule has 0 aliphatic carbocycles. The van der Waals surface area contributed by atoms with Crippen LogP contribution < -0.4 is 15.4 Å². The van der Waals surface area contributed by atoms with Crippen molar-refractivity contribution in [3.63, 3.8) is 0 Å². The van der Waals surface area contributed by atoms with Crippen LogP contribution in [-0.2, 0) is 17.8 Å². The van der Waals surface area contributed by atoms with Gasteiger partial charge in [0.25, 0.3) is 0 Å². The van der Waals surface area contributed by atoms with E-state index in [0.717, 1.165) is 11.4 Å². The predicted octanol–water partition coefficient (Wildman–Crippen LogP) is 3.67. The number of nitrogens with one attached hydrogen (secondary N) is 2. The summed E-state index contributed by atoms with van der Waals surface area (Å²) in [5.74, 6) is 0.915.